The van der Waals surface area contributed by atoms with Crippen LogP contribution in [0.25, 0.3) is 0 Å². The van der Waals surface area contributed by atoms with Crippen molar-refractivity contribution in [1.29, 1.82) is 5.26 Å². The van der Waals surface area contributed by atoms with E-state index < -0.39 is 0 Å². The van der Waals surface area contributed by atoms with Crippen LogP contribution in [0.4, 0.5) is 5.69 Å². The van der Waals surface area contributed by atoms with Crippen LogP contribution in [0.2, 0.25) is 0 Å². The minimum absolute atomic E-state index is 0.0699. The molecule has 0 aliphatic carbocycles. The molecule has 0 radical (unpaired) electrons. The lowest BCUT2D eigenvalue weighted by atomic mass is 10.0. The van der Waals surface area contributed by atoms with Gasteiger partial charge in [0.2, 0.25) is 0 Å². The molecule has 124 valence electrons. The number of hydrogen-bond donors (Lipinski definition) is 1. The van der Waals surface area contributed by atoms with Crippen LogP contribution in [0.3, 0.4) is 0 Å². The molecule has 0 saturated heterocycles. The number of carbonyl (C=O) groups excluding carboxylic acids is 1. The summed E-state index contributed by atoms with van der Waals surface area (Å²) in [5.74, 6) is 0.837. The summed E-state index contributed by atoms with van der Waals surface area (Å²) < 4.78 is 6.40. The number of nitriles is 1. The van der Waals surface area contributed by atoms with E-state index in [0.717, 1.165) is 10.0 Å². The fourth-order valence-corrected chi connectivity index (χ4v) is 2.64. The summed E-state index contributed by atoms with van der Waals surface area (Å²) in [6, 6.07) is 15.1. The van der Waals surface area contributed by atoms with E-state index in [9.17, 15) is 4.79 Å². The number of ether oxygens (including phenoxy) is 1. The molecule has 0 aromatic heterocycles. The molecule has 0 unspecified atom stereocenters. The summed E-state index contributed by atoms with van der Waals surface area (Å²) in [7, 11) is 0. The van der Waals surface area contributed by atoms with Crippen molar-refractivity contribution >= 4 is 27.5 Å². The first-order chi connectivity index (χ1) is 11.5. The van der Waals surface area contributed by atoms with Crippen molar-refractivity contribution in [2.24, 2.45) is 0 Å². The molecule has 5 heteroatoms. The zero-order valence-corrected chi connectivity index (χ0v) is 15.3. The third-order valence-corrected chi connectivity index (χ3v) is 4.12. The van der Waals surface area contributed by atoms with Gasteiger partial charge in [0.25, 0.3) is 5.91 Å². The third-order valence-electron chi connectivity index (χ3n) is 3.50. The lowest BCUT2D eigenvalue weighted by Gasteiger charge is -2.11. The van der Waals surface area contributed by atoms with Crippen LogP contribution >= 0.6 is 15.9 Å². The second-order valence-corrected chi connectivity index (χ2v) is 6.57. The van der Waals surface area contributed by atoms with Gasteiger partial charge in [-0.25, -0.2) is 0 Å². The molecule has 0 heterocycles. The molecular weight excluding hydrogens is 368 g/mol. The Morgan fingerprint density at radius 2 is 1.96 bits per heavy atom. The number of halogens is 1. The Bertz CT molecular complexity index is 749. The molecule has 0 aliphatic rings. The highest BCUT2D eigenvalue weighted by Crippen LogP contribution is 2.28. The van der Waals surface area contributed by atoms with Crippen molar-refractivity contribution in [2.75, 3.05) is 11.9 Å². The topological polar surface area (TPSA) is 62.1 Å². The van der Waals surface area contributed by atoms with Crippen molar-refractivity contribution in [2.45, 2.75) is 26.2 Å². The minimum Gasteiger partial charge on any atom is -0.483 e. The number of nitrogens with zero attached hydrogens (tertiary/aromatic N) is 1. The first-order valence-electron chi connectivity index (χ1n) is 7.67. The highest BCUT2D eigenvalue weighted by Gasteiger charge is 2.08. The van der Waals surface area contributed by atoms with E-state index in [-0.39, 0.29) is 12.5 Å². The van der Waals surface area contributed by atoms with Gasteiger partial charge in [-0.1, -0.05) is 32.0 Å². The quantitative estimate of drug-likeness (QED) is 0.785. The highest BCUT2D eigenvalue weighted by atomic mass is 79.9. The number of rotatable bonds is 6. The Labute approximate surface area is 150 Å². The largest absolute Gasteiger partial charge is 0.483 e. The zero-order valence-electron chi connectivity index (χ0n) is 13.7. The van der Waals surface area contributed by atoms with Gasteiger partial charge in [-0.3, -0.25) is 4.79 Å². The summed E-state index contributed by atoms with van der Waals surface area (Å²) in [5, 5.41) is 11.4. The first kappa shape index (κ1) is 18.0. The van der Waals surface area contributed by atoms with Crippen LogP contribution in [-0.2, 0) is 11.2 Å². The van der Waals surface area contributed by atoms with Crippen LogP contribution in [0.5, 0.6) is 5.75 Å². The standard InChI is InChI=1S/C19H19BrN2O2/c1-13(2)15-5-8-18(17(20)11-15)24-12-19(23)22-16-6-3-14(4-7-16)9-10-21/h3-8,11,13H,9,12H2,1-2H3,(H,22,23). The number of anilines is 1. The van der Waals surface area contributed by atoms with Crippen LogP contribution in [0.1, 0.15) is 30.9 Å². The molecule has 0 spiro atoms. The molecule has 0 atom stereocenters. The Balaban J connectivity index is 1.90. The van der Waals surface area contributed by atoms with Gasteiger partial charge in [0.15, 0.2) is 6.61 Å². The smallest absolute Gasteiger partial charge is 0.262 e. The number of carbonyl (C=O) groups is 1. The van der Waals surface area contributed by atoms with Gasteiger partial charge in [-0.15, -0.1) is 0 Å². The molecule has 24 heavy (non-hydrogen) atoms. The Morgan fingerprint density at radius 3 is 2.54 bits per heavy atom. The lowest BCUT2D eigenvalue weighted by molar-refractivity contribution is -0.118. The van der Waals surface area contributed by atoms with E-state index >= 15 is 0 Å². The molecule has 0 fully saturated rings. The van der Waals surface area contributed by atoms with Crippen molar-refractivity contribution in [1.82, 2.24) is 0 Å². The van der Waals surface area contributed by atoms with E-state index in [2.05, 4.69) is 41.2 Å². The van der Waals surface area contributed by atoms with Gasteiger partial charge in [-0.05, 0) is 57.2 Å². The van der Waals surface area contributed by atoms with E-state index in [4.69, 9.17) is 10.00 Å². The SMILES string of the molecule is CC(C)c1ccc(OCC(=O)Nc2ccc(CC#N)cc2)c(Br)c1. The average Bonchev–Trinajstić information content (AvgIpc) is 2.55. The van der Waals surface area contributed by atoms with E-state index in [1.54, 1.807) is 12.1 Å². The van der Waals surface area contributed by atoms with Crippen molar-refractivity contribution < 1.29 is 9.53 Å². The number of benzene rings is 2. The van der Waals surface area contributed by atoms with Crippen molar-refractivity contribution in [3.8, 4) is 11.8 Å². The molecule has 0 saturated carbocycles. The molecule has 1 N–H and O–H groups in total. The maximum Gasteiger partial charge on any atom is 0.262 e. The molecule has 1 amide bonds. The van der Waals surface area contributed by atoms with Gasteiger partial charge in [-0.2, -0.15) is 5.26 Å². The third kappa shape index (κ3) is 5.10. The molecular formula is C19H19BrN2O2. The van der Waals surface area contributed by atoms with Crippen molar-refractivity contribution in [3.63, 3.8) is 0 Å². The first-order valence-corrected chi connectivity index (χ1v) is 8.47. The lowest BCUT2D eigenvalue weighted by Crippen LogP contribution is -2.20. The van der Waals surface area contributed by atoms with Gasteiger partial charge < -0.3 is 10.1 Å². The summed E-state index contributed by atoms with van der Waals surface area (Å²) in [5.41, 5.74) is 2.80. The molecule has 0 aliphatic heterocycles. The molecule has 4 nitrogen and oxygen atoms in total. The fraction of sp³-hybridized carbons (Fsp3) is 0.263. The maximum absolute atomic E-state index is 12.0. The molecule has 2 aromatic carbocycles. The zero-order chi connectivity index (χ0) is 17.5. The molecule has 0 bridgehead atoms. The Morgan fingerprint density at radius 1 is 1.25 bits per heavy atom. The highest BCUT2D eigenvalue weighted by molar-refractivity contribution is 9.10. The Kier molecular flexibility index (Phi) is 6.39. The monoisotopic (exact) mass is 386 g/mol. The number of amides is 1. The van der Waals surface area contributed by atoms with Crippen LogP contribution < -0.4 is 10.1 Å². The van der Waals surface area contributed by atoms with E-state index in [1.807, 2.05) is 30.3 Å². The summed E-state index contributed by atoms with van der Waals surface area (Å²) in [6.07, 6.45) is 0.359. The minimum atomic E-state index is -0.233. The van der Waals surface area contributed by atoms with Crippen LogP contribution in [-0.4, -0.2) is 12.5 Å². The van der Waals surface area contributed by atoms with Crippen molar-refractivity contribution in [3.05, 3.63) is 58.1 Å². The average molecular weight is 387 g/mol. The predicted molar refractivity (Wildman–Crippen MR) is 98.1 cm³/mol. The van der Waals surface area contributed by atoms with Crippen LogP contribution in [0, 0.1) is 11.3 Å². The normalized spacial score (nSPS) is 10.3. The Hall–Kier alpha value is -2.32. The fourth-order valence-electron chi connectivity index (χ4n) is 2.13. The van der Waals surface area contributed by atoms with Crippen LogP contribution in [0.15, 0.2) is 46.9 Å². The summed E-state index contributed by atoms with van der Waals surface area (Å²) >= 11 is 3.47. The van der Waals surface area contributed by atoms with Gasteiger partial charge >= 0.3 is 0 Å². The molecule has 2 rings (SSSR count). The van der Waals surface area contributed by atoms with E-state index in [0.29, 0.717) is 23.8 Å². The molecule has 2 aromatic rings. The van der Waals surface area contributed by atoms with Gasteiger partial charge in [0.1, 0.15) is 5.75 Å². The van der Waals surface area contributed by atoms with Gasteiger partial charge in [0, 0.05) is 5.69 Å². The maximum atomic E-state index is 12.0. The van der Waals surface area contributed by atoms with Gasteiger partial charge in [0.05, 0.1) is 17.0 Å². The van der Waals surface area contributed by atoms with E-state index in [1.165, 1.54) is 5.56 Å². The summed E-state index contributed by atoms with van der Waals surface area (Å²) in [4.78, 5) is 12.0. The summed E-state index contributed by atoms with van der Waals surface area (Å²) in [6.45, 7) is 4.18. The number of hydrogen-bond acceptors (Lipinski definition) is 3. The number of nitrogens with one attached hydrogen (secondary N) is 1. The predicted octanol–water partition coefficient (Wildman–Crippen LogP) is 4.66. The second kappa shape index (κ2) is 8.51. The second-order valence-electron chi connectivity index (χ2n) is 5.71.